The Labute approximate surface area is 118 Å². The molecular formula is C12H25FO7. The molecule has 0 aliphatic heterocycles. The van der Waals surface area contributed by atoms with Crippen LogP contribution in [0.5, 0.6) is 0 Å². The van der Waals surface area contributed by atoms with Gasteiger partial charge in [-0.1, -0.05) is 0 Å². The van der Waals surface area contributed by atoms with Gasteiger partial charge in [-0.3, -0.25) is 0 Å². The summed E-state index contributed by atoms with van der Waals surface area (Å²) in [6.45, 7) is 4.26. The lowest BCUT2D eigenvalue weighted by Crippen LogP contribution is -2.14. The zero-order valence-corrected chi connectivity index (χ0v) is 11.8. The molecule has 0 heterocycles. The third-order valence-corrected chi connectivity index (χ3v) is 2.03. The number of hydrogen-bond acceptors (Lipinski definition) is 7. The van der Waals surface area contributed by atoms with Crippen molar-refractivity contribution in [1.29, 1.82) is 0 Å². The Kier molecular flexibility index (Phi) is 18.3. The molecule has 0 unspecified atom stereocenters. The van der Waals surface area contributed by atoms with E-state index in [-0.39, 0.29) is 19.8 Å². The molecule has 0 aromatic rings. The van der Waals surface area contributed by atoms with Crippen LogP contribution in [0.25, 0.3) is 0 Å². The van der Waals surface area contributed by atoms with Gasteiger partial charge < -0.3 is 28.8 Å². The fourth-order valence-corrected chi connectivity index (χ4v) is 1.14. The molecule has 1 N–H and O–H groups in total. The first kappa shape index (κ1) is 19.7. The molecule has 0 fully saturated rings. The van der Waals surface area contributed by atoms with E-state index in [4.69, 9.17) is 28.8 Å². The SMILES string of the molecule is OCCOCCOCCOCCOCCOCCOF. The summed E-state index contributed by atoms with van der Waals surface area (Å²) in [4.78, 5) is 3.34. The monoisotopic (exact) mass is 300 g/mol. The van der Waals surface area contributed by atoms with E-state index in [9.17, 15) is 4.53 Å². The molecule has 0 aliphatic carbocycles. The second kappa shape index (κ2) is 18.7. The van der Waals surface area contributed by atoms with E-state index in [0.29, 0.717) is 59.5 Å². The van der Waals surface area contributed by atoms with Crippen molar-refractivity contribution in [3.8, 4) is 0 Å². The van der Waals surface area contributed by atoms with Crippen LogP contribution >= 0.6 is 0 Å². The van der Waals surface area contributed by atoms with Crippen LogP contribution < -0.4 is 0 Å². The van der Waals surface area contributed by atoms with Crippen LogP contribution in [-0.2, 0) is 28.6 Å². The van der Waals surface area contributed by atoms with Gasteiger partial charge in [-0.25, -0.2) is 0 Å². The van der Waals surface area contributed by atoms with Gasteiger partial charge in [0.2, 0.25) is 0 Å². The lowest BCUT2D eigenvalue weighted by Gasteiger charge is -2.07. The van der Waals surface area contributed by atoms with Crippen molar-refractivity contribution >= 4 is 0 Å². The number of halogens is 1. The lowest BCUT2D eigenvalue weighted by molar-refractivity contribution is -0.147. The maximum Gasteiger partial charge on any atom is 0.111 e. The fraction of sp³-hybridized carbons (Fsp3) is 1.00. The van der Waals surface area contributed by atoms with Crippen molar-refractivity contribution in [3.05, 3.63) is 0 Å². The summed E-state index contributed by atoms with van der Waals surface area (Å²) in [5, 5.41) is 8.46. The van der Waals surface area contributed by atoms with Gasteiger partial charge in [-0.05, 0) is 4.53 Å². The van der Waals surface area contributed by atoms with Crippen LogP contribution in [0.15, 0.2) is 0 Å². The molecule has 8 heteroatoms. The van der Waals surface area contributed by atoms with Gasteiger partial charge in [0.15, 0.2) is 0 Å². The van der Waals surface area contributed by atoms with Crippen molar-refractivity contribution in [2.75, 3.05) is 79.3 Å². The Morgan fingerprint density at radius 1 is 0.500 bits per heavy atom. The predicted octanol–water partition coefficient (Wildman–Crippen LogP) is -0.0372. The van der Waals surface area contributed by atoms with Gasteiger partial charge in [-0.2, -0.15) is 4.94 Å². The van der Waals surface area contributed by atoms with Crippen molar-refractivity contribution < 1.29 is 38.3 Å². The van der Waals surface area contributed by atoms with Crippen molar-refractivity contribution in [3.63, 3.8) is 0 Å². The predicted molar refractivity (Wildman–Crippen MR) is 68.2 cm³/mol. The Morgan fingerprint density at radius 3 is 1.10 bits per heavy atom. The summed E-state index contributed by atoms with van der Waals surface area (Å²) in [7, 11) is 0. The summed E-state index contributed by atoms with van der Waals surface area (Å²) in [6, 6.07) is 0. The normalized spacial score (nSPS) is 11.1. The lowest BCUT2D eigenvalue weighted by atomic mass is 10.7. The van der Waals surface area contributed by atoms with E-state index in [0.717, 1.165) is 0 Å². The summed E-state index contributed by atoms with van der Waals surface area (Å²) in [6.07, 6.45) is 0. The van der Waals surface area contributed by atoms with Crippen molar-refractivity contribution in [2.24, 2.45) is 0 Å². The third-order valence-electron chi connectivity index (χ3n) is 2.03. The number of aliphatic hydroxyl groups is 1. The van der Waals surface area contributed by atoms with Gasteiger partial charge in [-0.15, -0.1) is 0 Å². The highest BCUT2D eigenvalue weighted by Crippen LogP contribution is 1.84. The molecule has 0 spiro atoms. The zero-order valence-electron chi connectivity index (χ0n) is 11.8. The van der Waals surface area contributed by atoms with Crippen molar-refractivity contribution in [2.45, 2.75) is 0 Å². The molecule has 0 rings (SSSR count). The van der Waals surface area contributed by atoms with E-state index in [1.165, 1.54) is 0 Å². The first-order valence-electron chi connectivity index (χ1n) is 6.65. The number of rotatable bonds is 17. The minimum atomic E-state index is -0.0614. The number of aliphatic hydroxyl groups excluding tert-OH is 1. The van der Waals surface area contributed by atoms with Gasteiger partial charge in [0.05, 0.1) is 72.7 Å². The van der Waals surface area contributed by atoms with E-state index in [2.05, 4.69) is 4.94 Å². The molecule has 0 bridgehead atoms. The van der Waals surface area contributed by atoms with Crippen LogP contribution in [0.1, 0.15) is 0 Å². The van der Waals surface area contributed by atoms with Crippen LogP contribution in [0.3, 0.4) is 0 Å². The topological polar surface area (TPSA) is 75.6 Å². The second-order valence-electron chi connectivity index (χ2n) is 3.60. The van der Waals surface area contributed by atoms with Crippen LogP contribution in [0, 0.1) is 0 Å². The highest BCUT2D eigenvalue weighted by atomic mass is 19.3. The minimum Gasteiger partial charge on any atom is -0.394 e. The van der Waals surface area contributed by atoms with Crippen LogP contribution in [0.2, 0.25) is 0 Å². The largest absolute Gasteiger partial charge is 0.394 e. The Hall–Kier alpha value is -0.350. The summed E-state index contributed by atoms with van der Waals surface area (Å²) in [5.74, 6) is 0. The molecule has 0 atom stereocenters. The van der Waals surface area contributed by atoms with Gasteiger partial charge in [0, 0.05) is 0 Å². The molecule has 0 amide bonds. The molecule has 7 nitrogen and oxygen atoms in total. The molecule has 20 heavy (non-hydrogen) atoms. The van der Waals surface area contributed by atoms with E-state index < -0.39 is 0 Å². The molecule has 0 aromatic heterocycles. The summed E-state index contributed by atoms with van der Waals surface area (Å²) >= 11 is 0. The first-order chi connectivity index (χ1) is 9.91. The maximum absolute atomic E-state index is 11.2. The maximum atomic E-state index is 11.2. The fourth-order valence-electron chi connectivity index (χ4n) is 1.14. The van der Waals surface area contributed by atoms with Crippen molar-refractivity contribution in [1.82, 2.24) is 0 Å². The second-order valence-corrected chi connectivity index (χ2v) is 3.60. The average Bonchev–Trinajstić information content (AvgIpc) is 2.47. The molecular weight excluding hydrogens is 275 g/mol. The van der Waals surface area contributed by atoms with Gasteiger partial charge in [0.25, 0.3) is 0 Å². The Bertz CT molecular complexity index is 156. The Balaban J connectivity index is 2.89. The van der Waals surface area contributed by atoms with Gasteiger partial charge in [0.1, 0.15) is 6.61 Å². The molecule has 0 saturated heterocycles. The van der Waals surface area contributed by atoms with Crippen LogP contribution in [-0.4, -0.2) is 84.4 Å². The number of hydrogen-bond donors (Lipinski definition) is 1. The van der Waals surface area contributed by atoms with E-state index >= 15 is 0 Å². The average molecular weight is 300 g/mol. The molecule has 0 saturated carbocycles. The highest BCUT2D eigenvalue weighted by Gasteiger charge is 1.93. The third kappa shape index (κ3) is 17.6. The number of ether oxygens (including phenoxy) is 5. The quantitative estimate of drug-likeness (QED) is 0.378. The first-order valence-corrected chi connectivity index (χ1v) is 6.65. The highest BCUT2D eigenvalue weighted by molar-refractivity contribution is 4.36. The smallest absolute Gasteiger partial charge is 0.111 e. The van der Waals surface area contributed by atoms with E-state index in [1.54, 1.807) is 0 Å². The summed E-state index contributed by atoms with van der Waals surface area (Å²) in [5.41, 5.74) is 0. The van der Waals surface area contributed by atoms with Gasteiger partial charge >= 0.3 is 0 Å². The molecule has 122 valence electrons. The molecule has 0 aromatic carbocycles. The van der Waals surface area contributed by atoms with Crippen LogP contribution in [0.4, 0.5) is 4.53 Å². The zero-order chi connectivity index (χ0) is 14.7. The minimum absolute atomic E-state index is 0.0256. The molecule has 0 radical (unpaired) electrons. The van der Waals surface area contributed by atoms with E-state index in [1.807, 2.05) is 0 Å². The summed E-state index contributed by atoms with van der Waals surface area (Å²) < 4.78 is 36.9. The Morgan fingerprint density at radius 2 is 0.800 bits per heavy atom. The standard InChI is InChI=1S/C12H25FO7/c13-20-12-11-19-10-9-18-8-7-17-6-5-16-4-3-15-2-1-14/h14H,1-12H2. The molecule has 0 aliphatic rings.